The van der Waals surface area contributed by atoms with Crippen LogP contribution in [0, 0.1) is 6.07 Å². The molecule has 0 atom stereocenters. The third-order valence-electron chi connectivity index (χ3n) is 1.97. The van der Waals surface area contributed by atoms with E-state index in [1.54, 1.807) is 0 Å². The van der Waals surface area contributed by atoms with E-state index in [-0.39, 0.29) is 0 Å². The Bertz CT molecular complexity index is 407. The molecular weight excluding hydrogens is 176 g/mol. The van der Waals surface area contributed by atoms with E-state index in [1.807, 2.05) is 23.9 Å². The molecule has 0 aliphatic rings. The molecule has 2 rings (SSSR count). The van der Waals surface area contributed by atoms with Gasteiger partial charge in [0.25, 0.3) is 0 Å². The van der Waals surface area contributed by atoms with Crippen molar-refractivity contribution in [2.75, 3.05) is 5.75 Å². The van der Waals surface area contributed by atoms with Crippen molar-refractivity contribution in [2.24, 2.45) is 0 Å². The average Bonchev–Trinajstić information content (AvgIpc) is 2.18. The van der Waals surface area contributed by atoms with Crippen LogP contribution < -0.4 is 0 Å². The van der Waals surface area contributed by atoms with Crippen LogP contribution in [0.1, 0.15) is 6.92 Å². The van der Waals surface area contributed by atoms with Crippen LogP contribution in [-0.4, -0.2) is 5.75 Å². The van der Waals surface area contributed by atoms with Crippen molar-refractivity contribution in [3.05, 3.63) is 42.5 Å². The maximum atomic E-state index is 3.08. The van der Waals surface area contributed by atoms with Crippen LogP contribution in [0.25, 0.3) is 10.8 Å². The maximum absolute atomic E-state index is 3.08. The summed E-state index contributed by atoms with van der Waals surface area (Å²) in [5, 5.41) is 2.57. The molecule has 0 nitrogen and oxygen atoms in total. The Morgan fingerprint density at radius 2 is 2.15 bits per heavy atom. The van der Waals surface area contributed by atoms with E-state index in [1.165, 1.54) is 15.7 Å². The van der Waals surface area contributed by atoms with Gasteiger partial charge in [0, 0.05) is 4.90 Å². The highest BCUT2D eigenvalue weighted by atomic mass is 32.2. The second-order valence-corrected chi connectivity index (χ2v) is 4.21. The highest BCUT2D eigenvalue weighted by Gasteiger charge is 1.94. The summed E-state index contributed by atoms with van der Waals surface area (Å²) in [6.07, 6.45) is 0. The molecule has 0 saturated heterocycles. The van der Waals surface area contributed by atoms with E-state index in [0.29, 0.717) is 0 Å². The van der Waals surface area contributed by atoms with Crippen LogP contribution in [0.2, 0.25) is 0 Å². The largest absolute Gasteiger partial charge is 0.126 e. The maximum Gasteiger partial charge on any atom is 0.00782 e. The first kappa shape index (κ1) is 8.64. The van der Waals surface area contributed by atoms with Crippen LogP contribution in [0.4, 0.5) is 0 Å². The summed E-state index contributed by atoms with van der Waals surface area (Å²) < 4.78 is 0. The summed E-state index contributed by atoms with van der Waals surface area (Å²) in [4.78, 5) is 1.35. The van der Waals surface area contributed by atoms with Gasteiger partial charge in [0.05, 0.1) is 0 Å². The molecule has 0 aliphatic heterocycles. The first-order valence-corrected chi connectivity index (χ1v) is 5.41. The summed E-state index contributed by atoms with van der Waals surface area (Å²) >= 11 is 1.88. The number of benzene rings is 2. The van der Waals surface area contributed by atoms with E-state index in [2.05, 4.69) is 37.3 Å². The van der Waals surface area contributed by atoms with Crippen molar-refractivity contribution in [1.29, 1.82) is 0 Å². The number of hydrogen-bond donors (Lipinski definition) is 0. The van der Waals surface area contributed by atoms with E-state index in [0.717, 1.165) is 5.75 Å². The van der Waals surface area contributed by atoms with Gasteiger partial charge in [0.1, 0.15) is 0 Å². The van der Waals surface area contributed by atoms with Crippen LogP contribution in [0.5, 0.6) is 0 Å². The van der Waals surface area contributed by atoms with Crippen LogP contribution in [0.3, 0.4) is 0 Å². The quantitative estimate of drug-likeness (QED) is 0.645. The fourth-order valence-corrected chi connectivity index (χ4v) is 2.07. The SMILES string of the molecule is CCSc1ccc2c[c]ccc2c1. The van der Waals surface area contributed by atoms with Gasteiger partial charge in [-0.3, -0.25) is 0 Å². The Kier molecular flexibility index (Phi) is 2.55. The Morgan fingerprint density at radius 1 is 1.23 bits per heavy atom. The summed E-state index contributed by atoms with van der Waals surface area (Å²) in [6.45, 7) is 2.17. The summed E-state index contributed by atoms with van der Waals surface area (Å²) in [5.74, 6) is 1.13. The molecule has 0 heterocycles. The van der Waals surface area contributed by atoms with Gasteiger partial charge in [-0.2, -0.15) is 0 Å². The highest BCUT2D eigenvalue weighted by Crippen LogP contribution is 2.22. The standard InChI is InChI=1S/C12H11S/c1-2-13-12-8-7-10-5-3-4-6-11(10)9-12/h4-9H,2H2,1H3. The second kappa shape index (κ2) is 3.84. The van der Waals surface area contributed by atoms with Gasteiger partial charge in [-0.25, -0.2) is 0 Å². The molecular formula is C12H11S. The number of hydrogen-bond acceptors (Lipinski definition) is 1. The molecule has 1 heteroatoms. The zero-order chi connectivity index (χ0) is 9.10. The first-order chi connectivity index (χ1) is 6.40. The molecule has 0 fully saturated rings. The van der Waals surface area contributed by atoms with Crippen molar-refractivity contribution >= 4 is 22.5 Å². The predicted molar refractivity (Wildman–Crippen MR) is 59.2 cm³/mol. The molecule has 0 N–H and O–H groups in total. The van der Waals surface area contributed by atoms with E-state index >= 15 is 0 Å². The van der Waals surface area contributed by atoms with Crippen molar-refractivity contribution in [3.8, 4) is 0 Å². The Labute approximate surface area is 83.0 Å². The minimum Gasteiger partial charge on any atom is -0.126 e. The summed E-state index contributed by atoms with van der Waals surface area (Å²) in [6, 6.07) is 15.7. The molecule has 2 aromatic carbocycles. The lowest BCUT2D eigenvalue weighted by atomic mass is 10.1. The lowest BCUT2D eigenvalue weighted by Crippen LogP contribution is -1.75. The topological polar surface area (TPSA) is 0 Å². The average molecular weight is 187 g/mol. The molecule has 2 aromatic rings. The summed E-state index contributed by atoms with van der Waals surface area (Å²) in [5.41, 5.74) is 0. The van der Waals surface area contributed by atoms with Gasteiger partial charge in [-0.15, -0.1) is 11.8 Å². The molecule has 0 amide bonds. The number of fused-ring (bicyclic) bond motifs is 1. The third kappa shape index (κ3) is 1.86. The fraction of sp³-hybridized carbons (Fsp3) is 0.167. The molecule has 0 saturated carbocycles. The Hall–Kier alpha value is -0.950. The van der Waals surface area contributed by atoms with Gasteiger partial charge in [0.15, 0.2) is 0 Å². The van der Waals surface area contributed by atoms with Crippen molar-refractivity contribution < 1.29 is 0 Å². The smallest absolute Gasteiger partial charge is 0.00782 e. The monoisotopic (exact) mass is 187 g/mol. The lowest BCUT2D eigenvalue weighted by molar-refractivity contribution is 1.45. The first-order valence-electron chi connectivity index (χ1n) is 4.43. The van der Waals surface area contributed by atoms with Gasteiger partial charge < -0.3 is 0 Å². The number of thioether (sulfide) groups is 1. The zero-order valence-electron chi connectivity index (χ0n) is 7.58. The van der Waals surface area contributed by atoms with Crippen LogP contribution in [-0.2, 0) is 0 Å². The molecule has 0 aliphatic carbocycles. The molecule has 0 aromatic heterocycles. The molecule has 1 radical (unpaired) electrons. The fourth-order valence-electron chi connectivity index (χ4n) is 1.36. The van der Waals surface area contributed by atoms with Crippen molar-refractivity contribution in [2.45, 2.75) is 11.8 Å². The predicted octanol–water partition coefficient (Wildman–Crippen LogP) is 3.75. The number of rotatable bonds is 2. The van der Waals surface area contributed by atoms with Crippen LogP contribution >= 0.6 is 11.8 Å². The second-order valence-electron chi connectivity index (χ2n) is 2.87. The molecule has 0 spiro atoms. The van der Waals surface area contributed by atoms with Gasteiger partial charge >= 0.3 is 0 Å². The third-order valence-corrected chi connectivity index (χ3v) is 2.84. The zero-order valence-corrected chi connectivity index (χ0v) is 8.40. The van der Waals surface area contributed by atoms with Gasteiger partial charge in [-0.1, -0.05) is 25.1 Å². The van der Waals surface area contributed by atoms with Crippen molar-refractivity contribution in [1.82, 2.24) is 0 Å². The highest BCUT2D eigenvalue weighted by molar-refractivity contribution is 7.99. The van der Waals surface area contributed by atoms with Gasteiger partial charge in [-0.05, 0) is 40.8 Å². The molecule has 0 unspecified atom stereocenters. The minimum atomic E-state index is 1.13. The van der Waals surface area contributed by atoms with Gasteiger partial charge in [0.2, 0.25) is 0 Å². The lowest BCUT2D eigenvalue weighted by Gasteiger charge is -2.00. The summed E-state index contributed by atoms with van der Waals surface area (Å²) in [7, 11) is 0. The molecule has 13 heavy (non-hydrogen) atoms. The van der Waals surface area contributed by atoms with Crippen LogP contribution in [0.15, 0.2) is 41.3 Å². The minimum absolute atomic E-state index is 1.13. The molecule has 65 valence electrons. The van der Waals surface area contributed by atoms with E-state index < -0.39 is 0 Å². The normalized spacial score (nSPS) is 10.5. The van der Waals surface area contributed by atoms with E-state index in [4.69, 9.17) is 0 Å². The Morgan fingerprint density at radius 3 is 3.00 bits per heavy atom. The molecule has 0 bridgehead atoms. The van der Waals surface area contributed by atoms with Crippen molar-refractivity contribution in [3.63, 3.8) is 0 Å². The van der Waals surface area contributed by atoms with E-state index in [9.17, 15) is 0 Å². The Balaban J connectivity index is 2.49.